The Morgan fingerprint density at radius 1 is 1.36 bits per heavy atom. The molecule has 3 rings (SSSR count). The fourth-order valence-electron chi connectivity index (χ4n) is 2.17. The minimum atomic E-state index is -0.325. The molecule has 0 saturated heterocycles. The third-order valence-electron chi connectivity index (χ3n) is 3.21. The van der Waals surface area contributed by atoms with E-state index in [9.17, 15) is 10.1 Å². The predicted molar refractivity (Wildman–Crippen MR) is 89.3 cm³/mol. The van der Waals surface area contributed by atoms with Crippen LogP contribution in [0, 0.1) is 11.3 Å². The fraction of sp³-hybridized carbons (Fsp3) is 0.0625. The minimum Gasteiger partial charge on any atom is -0.348 e. The first kappa shape index (κ1) is 14.5. The number of nitrogens with zero attached hydrogens (tertiary/aromatic N) is 3. The highest BCUT2D eigenvalue weighted by Gasteiger charge is 2.16. The summed E-state index contributed by atoms with van der Waals surface area (Å²) in [5, 5.41) is 11.1. The van der Waals surface area contributed by atoms with E-state index in [1.807, 2.05) is 12.1 Å². The Bertz CT molecular complexity index is 950. The van der Waals surface area contributed by atoms with Crippen LogP contribution in [-0.2, 0) is 0 Å². The second-order valence-electron chi connectivity index (χ2n) is 4.65. The van der Waals surface area contributed by atoms with Gasteiger partial charge >= 0.3 is 0 Å². The number of halogens is 1. The average molecular weight is 328 g/mol. The summed E-state index contributed by atoms with van der Waals surface area (Å²) in [6.07, 6.45) is 5.16. The zero-order chi connectivity index (χ0) is 15.7. The predicted octanol–water partition coefficient (Wildman–Crippen LogP) is 3.47. The van der Waals surface area contributed by atoms with Gasteiger partial charge in [-0.05, 0) is 24.3 Å². The SMILES string of the molecule is CN1C=C(Cl)C=CC1=C(C#N)c1nc(=O)c2ccccc2s1. The quantitative estimate of drug-likeness (QED) is 0.752. The summed E-state index contributed by atoms with van der Waals surface area (Å²) in [7, 11) is 1.79. The van der Waals surface area contributed by atoms with Gasteiger partial charge in [-0.15, -0.1) is 11.3 Å². The van der Waals surface area contributed by atoms with Crippen LogP contribution in [0.25, 0.3) is 15.7 Å². The molecule has 0 saturated carbocycles. The number of hydrogen-bond acceptors (Lipinski definition) is 5. The molecule has 0 bridgehead atoms. The van der Waals surface area contributed by atoms with Gasteiger partial charge in [0, 0.05) is 17.9 Å². The molecular formula is C16H10ClN3OS. The molecule has 0 spiro atoms. The van der Waals surface area contributed by atoms with Gasteiger partial charge in [-0.2, -0.15) is 10.2 Å². The fourth-order valence-corrected chi connectivity index (χ4v) is 3.38. The maximum Gasteiger partial charge on any atom is 0.279 e. The lowest BCUT2D eigenvalue weighted by Gasteiger charge is -2.20. The van der Waals surface area contributed by atoms with Crippen molar-refractivity contribution in [3.63, 3.8) is 0 Å². The van der Waals surface area contributed by atoms with Crippen molar-refractivity contribution >= 4 is 38.6 Å². The summed E-state index contributed by atoms with van der Waals surface area (Å²) in [4.78, 5) is 17.9. The molecule has 108 valence electrons. The summed E-state index contributed by atoms with van der Waals surface area (Å²) in [5.41, 5.74) is 0.686. The summed E-state index contributed by atoms with van der Waals surface area (Å²) in [5.74, 6) is 0. The summed E-state index contributed by atoms with van der Waals surface area (Å²) >= 11 is 7.26. The molecule has 1 aromatic carbocycles. The Hall–Kier alpha value is -2.42. The molecule has 2 aromatic rings. The van der Waals surface area contributed by atoms with Crippen LogP contribution in [0.1, 0.15) is 5.01 Å². The number of fused-ring (bicyclic) bond motifs is 1. The number of hydrogen-bond donors (Lipinski definition) is 0. The molecule has 0 atom stereocenters. The van der Waals surface area contributed by atoms with Gasteiger partial charge in [0.2, 0.25) is 0 Å². The molecule has 1 aliphatic heterocycles. The molecule has 0 unspecified atom stereocenters. The third-order valence-corrected chi connectivity index (χ3v) is 4.49. The zero-order valence-electron chi connectivity index (χ0n) is 11.6. The van der Waals surface area contributed by atoms with Crippen LogP contribution in [0.2, 0.25) is 0 Å². The Morgan fingerprint density at radius 3 is 2.86 bits per heavy atom. The summed E-state index contributed by atoms with van der Waals surface area (Å²) < 4.78 is 0.807. The Kier molecular flexibility index (Phi) is 3.80. The van der Waals surface area contributed by atoms with Gasteiger partial charge in [-0.25, -0.2) is 0 Å². The van der Waals surface area contributed by atoms with Crippen molar-refractivity contribution in [2.75, 3.05) is 7.05 Å². The molecular weight excluding hydrogens is 318 g/mol. The highest BCUT2D eigenvalue weighted by Crippen LogP contribution is 2.28. The maximum absolute atomic E-state index is 12.1. The highest BCUT2D eigenvalue weighted by atomic mass is 35.5. The first-order valence-electron chi connectivity index (χ1n) is 6.43. The number of aromatic nitrogens is 1. The van der Waals surface area contributed by atoms with Crippen molar-refractivity contribution in [3.05, 3.63) is 68.7 Å². The molecule has 0 radical (unpaired) electrons. The van der Waals surface area contributed by atoms with Crippen LogP contribution in [0.3, 0.4) is 0 Å². The number of rotatable bonds is 1. The highest BCUT2D eigenvalue weighted by molar-refractivity contribution is 7.19. The number of benzene rings is 1. The topological polar surface area (TPSA) is 57.0 Å². The van der Waals surface area contributed by atoms with Crippen LogP contribution in [0.5, 0.6) is 0 Å². The van der Waals surface area contributed by atoms with Crippen LogP contribution in [0.4, 0.5) is 0 Å². The normalized spacial score (nSPS) is 16.4. The van der Waals surface area contributed by atoms with E-state index in [0.29, 0.717) is 26.7 Å². The molecule has 1 aliphatic rings. The smallest absolute Gasteiger partial charge is 0.279 e. The van der Waals surface area contributed by atoms with E-state index in [4.69, 9.17) is 11.6 Å². The first-order valence-corrected chi connectivity index (χ1v) is 7.62. The van der Waals surface area contributed by atoms with Gasteiger partial charge in [0.1, 0.15) is 16.6 Å². The molecule has 1 aromatic heterocycles. The maximum atomic E-state index is 12.1. The van der Waals surface area contributed by atoms with Gasteiger partial charge in [0.15, 0.2) is 0 Å². The van der Waals surface area contributed by atoms with Gasteiger partial charge in [-0.1, -0.05) is 23.7 Å². The van der Waals surface area contributed by atoms with Crippen molar-refractivity contribution < 1.29 is 0 Å². The van der Waals surface area contributed by atoms with E-state index in [1.54, 1.807) is 42.4 Å². The van der Waals surface area contributed by atoms with Crippen molar-refractivity contribution in [1.82, 2.24) is 9.88 Å². The molecule has 4 nitrogen and oxygen atoms in total. The van der Waals surface area contributed by atoms with E-state index in [-0.39, 0.29) is 5.56 Å². The lowest BCUT2D eigenvalue weighted by Crippen LogP contribution is -2.15. The lowest BCUT2D eigenvalue weighted by atomic mass is 10.1. The van der Waals surface area contributed by atoms with Gasteiger partial charge in [-0.3, -0.25) is 4.79 Å². The molecule has 22 heavy (non-hydrogen) atoms. The van der Waals surface area contributed by atoms with Crippen molar-refractivity contribution in [3.8, 4) is 6.07 Å². The molecule has 0 N–H and O–H groups in total. The van der Waals surface area contributed by atoms with E-state index >= 15 is 0 Å². The number of allylic oxidation sites excluding steroid dienone is 4. The summed E-state index contributed by atoms with van der Waals surface area (Å²) in [6, 6.07) is 9.39. The number of likely N-dealkylation sites (N-methyl/N-ethyl adjacent to an activating group) is 1. The van der Waals surface area contributed by atoms with E-state index in [2.05, 4.69) is 11.1 Å². The summed E-state index contributed by atoms with van der Waals surface area (Å²) in [6.45, 7) is 0. The second kappa shape index (κ2) is 5.76. The van der Waals surface area contributed by atoms with Crippen LogP contribution in [0.15, 0.2) is 58.1 Å². The third kappa shape index (κ3) is 2.54. The molecule has 0 aliphatic carbocycles. The number of nitriles is 1. The molecule has 0 amide bonds. The van der Waals surface area contributed by atoms with Crippen molar-refractivity contribution in [2.24, 2.45) is 0 Å². The van der Waals surface area contributed by atoms with Crippen LogP contribution < -0.4 is 5.56 Å². The second-order valence-corrected chi connectivity index (χ2v) is 6.12. The molecule has 0 fully saturated rings. The molecule has 2 heterocycles. The lowest BCUT2D eigenvalue weighted by molar-refractivity contribution is 0.585. The Labute approximate surface area is 135 Å². The van der Waals surface area contributed by atoms with Gasteiger partial charge < -0.3 is 4.90 Å². The minimum absolute atomic E-state index is 0.325. The first-order chi connectivity index (χ1) is 10.6. The van der Waals surface area contributed by atoms with Gasteiger partial charge in [0.05, 0.1) is 16.1 Å². The van der Waals surface area contributed by atoms with Crippen molar-refractivity contribution in [2.45, 2.75) is 0 Å². The zero-order valence-corrected chi connectivity index (χ0v) is 13.1. The Balaban J connectivity index is 2.23. The monoisotopic (exact) mass is 327 g/mol. The van der Waals surface area contributed by atoms with E-state index in [1.165, 1.54) is 11.3 Å². The van der Waals surface area contributed by atoms with E-state index < -0.39 is 0 Å². The molecule has 6 heteroatoms. The van der Waals surface area contributed by atoms with Gasteiger partial charge in [0.25, 0.3) is 5.56 Å². The van der Waals surface area contributed by atoms with Crippen LogP contribution >= 0.6 is 22.9 Å². The Morgan fingerprint density at radius 2 is 2.14 bits per heavy atom. The largest absolute Gasteiger partial charge is 0.348 e. The standard InChI is InChI=1S/C16H10ClN3OS/c1-20-9-10(17)6-7-13(20)12(8-18)16-19-15(21)11-4-2-3-5-14(11)22-16/h2-7,9H,1H3. The van der Waals surface area contributed by atoms with Crippen molar-refractivity contribution in [1.29, 1.82) is 5.26 Å². The van der Waals surface area contributed by atoms with E-state index in [0.717, 1.165) is 4.70 Å². The average Bonchev–Trinajstić information content (AvgIpc) is 2.50. The van der Waals surface area contributed by atoms with Crippen LogP contribution in [-0.4, -0.2) is 16.9 Å².